The quantitative estimate of drug-likeness (QED) is 0.182. The van der Waals surface area contributed by atoms with Crippen molar-refractivity contribution >= 4 is 65.6 Å². The van der Waals surface area contributed by atoms with Crippen LogP contribution in [-0.4, -0.2) is 11.0 Å². The minimum Gasteiger partial charge on any atom is -0.455 e. The molecule has 0 aliphatic carbocycles. The zero-order chi connectivity index (χ0) is 30.5. The van der Waals surface area contributed by atoms with Crippen molar-refractivity contribution in [3.8, 4) is 21.7 Å². The molecule has 0 saturated carbocycles. The molecule has 0 aliphatic rings. The Hall–Kier alpha value is -4.93. The molecule has 0 bridgehead atoms. The highest BCUT2D eigenvalue weighted by molar-refractivity contribution is 7.21. The van der Waals surface area contributed by atoms with E-state index in [4.69, 9.17) is 9.40 Å². The number of benzene rings is 6. The highest BCUT2D eigenvalue weighted by atomic mass is 32.1. The number of hydrogen-bond acceptors (Lipinski definition) is 4. The van der Waals surface area contributed by atoms with E-state index < -0.39 is 0 Å². The molecule has 0 N–H and O–H groups in total. The van der Waals surface area contributed by atoms with Crippen molar-refractivity contribution in [1.29, 1.82) is 0 Å². The van der Waals surface area contributed by atoms with E-state index in [0.29, 0.717) is 12.0 Å². The van der Waals surface area contributed by atoms with Crippen LogP contribution in [0, 0.1) is 5.92 Å². The summed E-state index contributed by atoms with van der Waals surface area (Å²) in [4.78, 5) is 7.49. The number of rotatable bonds is 7. The van der Waals surface area contributed by atoms with Gasteiger partial charge in [-0.3, -0.25) is 0 Å². The first-order valence-corrected chi connectivity index (χ1v) is 16.6. The van der Waals surface area contributed by atoms with E-state index in [1.165, 1.54) is 26.8 Å². The summed E-state index contributed by atoms with van der Waals surface area (Å²) in [7, 11) is 0. The maximum Gasteiger partial charge on any atom is 0.143 e. The lowest BCUT2D eigenvalue weighted by Gasteiger charge is -2.35. The molecule has 8 rings (SSSR count). The van der Waals surface area contributed by atoms with Gasteiger partial charge in [-0.2, -0.15) is 0 Å². The second-order valence-electron chi connectivity index (χ2n) is 12.1. The van der Waals surface area contributed by atoms with Crippen LogP contribution >= 0.6 is 11.3 Å². The molecule has 0 saturated heterocycles. The summed E-state index contributed by atoms with van der Waals surface area (Å²) in [6.45, 7) is 6.93. The Morgan fingerprint density at radius 3 is 2.22 bits per heavy atom. The van der Waals surface area contributed by atoms with Gasteiger partial charge in [0.05, 0.1) is 10.2 Å². The lowest BCUT2D eigenvalue weighted by molar-refractivity contribution is 0.463. The van der Waals surface area contributed by atoms with Crippen LogP contribution in [0.2, 0.25) is 0 Å². The van der Waals surface area contributed by atoms with E-state index in [9.17, 15) is 0 Å². The Balaban J connectivity index is 1.17. The number of para-hydroxylation sites is 2. The maximum atomic E-state index is 6.60. The van der Waals surface area contributed by atoms with Gasteiger partial charge < -0.3 is 9.32 Å². The van der Waals surface area contributed by atoms with Crippen molar-refractivity contribution in [3.63, 3.8) is 0 Å². The first kappa shape index (κ1) is 27.6. The van der Waals surface area contributed by atoms with Crippen molar-refractivity contribution in [2.24, 2.45) is 5.92 Å². The molecule has 1 unspecified atom stereocenters. The average molecular weight is 603 g/mol. The zero-order valence-corrected chi connectivity index (χ0v) is 26.5. The standard InChI is InChI=1S/C41H34N2OS/c1-4-26(2)27(3)43(32-13-6-5-7-14-32)33-21-19-29(20-22-33)34-15-10-16-35-36-24-39-37(25-38(36)44-40(34)35)42-41(45-39)31-18-17-28-11-8-9-12-30(28)23-31/h5-27H,4H2,1-3H3/t26?,27-/m0/s1. The molecular formula is C41H34N2OS. The molecule has 0 amide bonds. The molecule has 2 atom stereocenters. The molecule has 0 radical (unpaired) electrons. The molecule has 0 spiro atoms. The first-order chi connectivity index (χ1) is 22.1. The van der Waals surface area contributed by atoms with Gasteiger partial charge in [-0.15, -0.1) is 11.3 Å². The van der Waals surface area contributed by atoms with Crippen molar-refractivity contribution in [2.45, 2.75) is 33.2 Å². The smallest absolute Gasteiger partial charge is 0.143 e. The Kier molecular flexibility index (Phi) is 6.88. The fourth-order valence-corrected chi connectivity index (χ4v) is 7.48. The van der Waals surface area contributed by atoms with Gasteiger partial charge in [-0.05, 0) is 65.6 Å². The first-order valence-electron chi connectivity index (χ1n) is 15.8. The summed E-state index contributed by atoms with van der Waals surface area (Å²) < 4.78 is 7.77. The van der Waals surface area contributed by atoms with Crippen molar-refractivity contribution in [3.05, 3.63) is 127 Å². The second-order valence-corrected chi connectivity index (χ2v) is 13.1. The number of nitrogens with zero attached hydrogens (tertiary/aromatic N) is 2. The van der Waals surface area contributed by atoms with Crippen LogP contribution < -0.4 is 4.90 Å². The van der Waals surface area contributed by atoms with Gasteiger partial charge in [0.2, 0.25) is 0 Å². The Morgan fingerprint density at radius 1 is 0.689 bits per heavy atom. The van der Waals surface area contributed by atoms with Gasteiger partial charge in [0.25, 0.3) is 0 Å². The van der Waals surface area contributed by atoms with Crippen LogP contribution in [-0.2, 0) is 0 Å². The largest absolute Gasteiger partial charge is 0.455 e. The molecular weight excluding hydrogens is 569 g/mol. The summed E-state index contributed by atoms with van der Waals surface area (Å²) in [5.41, 5.74) is 8.56. The average Bonchev–Trinajstić information content (AvgIpc) is 3.68. The summed E-state index contributed by atoms with van der Waals surface area (Å²) in [5, 5.41) is 5.76. The van der Waals surface area contributed by atoms with Crippen LogP contribution in [0.1, 0.15) is 27.2 Å². The monoisotopic (exact) mass is 602 g/mol. The number of hydrogen-bond donors (Lipinski definition) is 0. The molecule has 4 heteroatoms. The van der Waals surface area contributed by atoms with Crippen molar-refractivity contribution < 1.29 is 4.42 Å². The predicted molar refractivity (Wildman–Crippen MR) is 193 cm³/mol. The third-order valence-electron chi connectivity index (χ3n) is 9.37. The Bertz CT molecular complexity index is 2300. The van der Waals surface area contributed by atoms with Crippen LogP contribution in [0.25, 0.3) is 64.6 Å². The number of thiazole rings is 1. The molecule has 2 aromatic heterocycles. The van der Waals surface area contributed by atoms with Gasteiger partial charge in [-0.25, -0.2) is 4.98 Å². The van der Waals surface area contributed by atoms with Crippen LogP contribution in [0.15, 0.2) is 132 Å². The van der Waals surface area contributed by atoms with E-state index >= 15 is 0 Å². The summed E-state index contributed by atoms with van der Waals surface area (Å²) in [6, 6.07) is 45.9. The van der Waals surface area contributed by atoms with Gasteiger partial charge in [-0.1, -0.05) is 105 Å². The van der Waals surface area contributed by atoms with Gasteiger partial charge in [0, 0.05) is 45.4 Å². The maximum absolute atomic E-state index is 6.60. The van der Waals surface area contributed by atoms with E-state index in [1.807, 2.05) is 0 Å². The predicted octanol–water partition coefficient (Wildman–Crippen LogP) is 12.3. The molecule has 220 valence electrons. The fourth-order valence-electron chi connectivity index (χ4n) is 6.50. The van der Waals surface area contributed by atoms with E-state index in [0.717, 1.165) is 55.6 Å². The van der Waals surface area contributed by atoms with Gasteiger partial charge in [0.1, 0.15) is 16.2 Å². The van der Waals surface area contributed by atoms with E-state index in [2.05, 4.69) is 153 Å². The summed E-state index contributed by atoms with van der Waals surface area (Å²) in [5.74, 6) is 0.557. The normalized spacial score (nSPS) is 13.1. The molecule has 3 nitrogen and oxygen atoms in total. The topological polar surface area (TPSA) is 29.3 Å². The van der Waals surface area contributed by atoms with Crippen LogP contribution in [0.5, 0.6) is 0 Å². The molecule has 2 heterocycles. The van der Waals surface area contributed by atoms with Crippen molar-refractivity contribution in [1.82, 2.24) is 4.98 Å². The zero-order valence-electron chi connectivity index (χ0n) is 25.7. The Morgan fingerprint density at radius 2 is 1.42 bits per heavy atom. The lowest BCUT2D eigenvalue weighted by atomic mass is 9.97. The molecule has 45 heavy (non-hydrogen) atoms. The third-order valence-corrected chi connectivity index (χ3v) is 10.4. The second kappa shape index (κ2) is 11.2. The van der Waals surface area contributed by atoms with E-state index in [1.54, 1.807) is 11.3 Å². The number of anilines is 2. The van der Waals surface area contributed by atoms with Gasteiger partial charge in [0.15, 0.2) is 0 Å². The van der Waals surface area contributed by atoms with Crippen LogP contribution in [0.4, 0.5) is 11.4 Å². The minimum absolute atomic E-state index is 0.367. The SMILES string of the molecule is CCC(C)[C@H](C)N(c1ccccc1)c1ccc(-c2cccc3c2oc2cc4nc(-c5ccc6ccccc6c5)sc4cc23)cc1. The number of fused-ring (bicyclic) bond motifs is 5. The van der Waals surface area contributed by atoms with Gasteiger partial charge >= 0.3 is 0 Å². The van der Waals surface area contributed by atoms with E-state index in [-0.39, 0.29) is 0 Å². The molecule has 0 fully saturated rings. The minimum atomic E-state index is 0.367. The van der Waals surface area contributed by atoms with Crippen LogP contribution in [0.3, 0.4) is 0 Å². The summed E-state index contributed by atoms with van der Waals surface area (Å²) in [6.07, 6.45) is 1.13. The molecule has 6 aromatic carbocycles. The Labute approximate surface area is 267 Å². The lowest BCUT2D eigenvalue weighted by Crippen LogP contribution is -2.33. The third kappa shape index (κ3) is 4.86. The number of furan rings is 1. The molecule has 8 aromatic rings. The summed E-state index contributed by atoms with van der Waals surface area (Å²) >= 11 is 1.74. The highest BCUT2D eigenvalue weighted by Crippen LogP contribution is 2.41. The highest BCUT2D eigenvalue weighted by Gasteiger charge is 2.22. The number of aromatic nitrogens is 1. The van der Waals surface area contributed by atoms with Crippen molar-refractivity contribution in [2.75, 3.05) is 4.90 Å². The molecule has 0 aliphatic heterocycles. The fraction of sp³-hybridized carbons (Fsp3) is 0.146.